The van der Waals surface area contributed by atoms with Gasteiger partial charge in [-0.2, -0.15) is 0 Å². The zero-order chi connectivity index (χ0) is 32.9. The third-order valence-electron chi connectivity index (χ3n) is 11.1. The second-order valence-electron chi connectivity index (χ2n) is 14.3. The fourth-order valence-electron chi connectivity index (χ4n) is 8.36. The van der Waals surface area contributed by atoms with Crippen molar-refractivity contribution in [2.45, 2.75) is 70.8 Å². The summed E-state index contributed by atoms with van der Waals surface area (Å²) in [7, 11) is 0. The highest BCUT2D eigenvalue weighted by Gasteiger charge is 2.33. The van der Waals surface area contributed by atoms with Gasteiger partial charge in [-0.15, -0.1) is 6.42 Å². The van der Waals surface area contributed by atoms with E-state index < -0.39 is 0 Å². The summed E-state index contributed by atoms with van der Waals surface area (Å²) in [4.78, 5) is 16.5. The molecule has 1 fully saturated rings. The van der Waals surface area contributed by atoms with Gasteiger partial charge in [0.2, 0.25) is 0 Å². The van der Waals surface area contributed by atoms with Crippen LogP contribution in [0.1, 0.15) is 83.9 Å². The monoisotopic (exact) mass is 629 g/mol. The Bertz CT molecular complexity index is 1830. The number of anilines is 1. The molecule has 1 heterocycles. The number of benzene rings is 4. The molecule has 4 aromatic rings. The number of allylic oxidation sites excluding steroid dienone is 4. The smallest absolute Gasteiger partial charge is 0.140 e. The molecular formula is C46H47NO. The molecule has 242 valence electrons. The normalized spacial score (nSPS) is 20.9. The van der Waals surface area contributed by atoms with Gasteiger partial charge >= 0.3 is 0 Å². The minimum Gasteiger partial charge on any atom is -0.366 e. The minimum absolute atomic E-state index is 0.0424. The summed E-state index contributed by atoms with van der Waals surface area (Å²) in [5.41, 5.74) is 11.4. The molecule has 0 spiro atoms. The maximum Gasteiger partial charge on any atom is 0.140 e. The van der Waals surface area contributed by atoms with Crippen molar-refractivity contribution in [3.63, 3.8) is 0 Å². The molecule has 2 aliphatic carbocycles. The molecule has 0 saturated heterocycles. The molecule has 0 bridgehead atoms. The minimum atomic E-state index is -0.0424. The molecule has 1 aliphatic heterocycles. The number of terminal acetylenes is 1. The van der Waals surface area contributed by atoms with Crippen molar-refractivity contribution in [2.24, 2.45) is 17.8 Å². The van der Waals surface area contributed by atoms with Crippen LogP contribution in [0.2, 0.25) is 0 Å². The van der Waals surface area contributed by atoms with Crippen LogP contribution < -0.4 is 4.90 Å². The molecule has 2 nitrogen and oxygen atoms in total. The highest BCUT2D eigenvalue weighted by Crippen LogP contribution is 2.41. The van der Waals surface area contributed by atoms with Crippen molar-refractivity contribution in [1.29, 1.82) is 0 Å². The second-order valence-corrected chi connectivity index (χ2v) is 14.3. The first-order valence-corrected chi connectivity index (χ1v) is 18.0. The first kappa shape index (κ1) is 32.0. The number of carbonyl (C=O) groups excluding carboxylic acids is 1. The number of aryl methyl sites for hydroxylation is 1. The van der Waals surface area contributed by atoms with Crippen LogP contribution in [0.3, 0.4) is 0 Å². The quantitative estimate of drug-likeness (QED) is 0.163. The van der Waals surface area contributed by atoms with E-state index in [1.165, 1.54) is 44.6 Å². The number of fused-ring (bicyclic) bond motifs is 1. The van der Waals surface area contributed by atoms with Crippen LogP contribution in [-0.2, 0) is 30.6 Å². The van der Waals surface area contributed by atoms with E-state index in [9.17, 15) is 4.79 Å². The average Bonchev–Trinajstić information content (AvgIpc) is 3.58. The van der Waals surface area contributed by atoms with Crippen molar-refractivity contribution in [2.75, 3.05) is 11.4 Å². The van der Waals surface area contributed by atoms with E-state index in [0.29, 0.717) is 30.0 Å². The molecule has 0 aromatic heterocycles. The highest BCUT2D eigenvalue weighted by atomic mass is 16.1. The van der Waals surface area contributed by atoms with Crippen LogP contribution in [0.4, 0.5) is 5.69 Å². The lowest BCUT2D eigenvalue weighted by Gasteiger charge is -2.34. The largest absolute Gasteiger partial charge is 0.366 e. The lowest BCUT2D eigenvalue weighted by molar-refractivity contribution is -0.122. The summed E-state index contributed by atoms with van der Waals surface area (Å²) in [6.45, 7) is 4.12. The Kier molecular flexibility index (Phi) is 9.76. The molecule has 0 amide bonds. The van der Waals surface area contributed by atoms with E-state index in [2.05, 4.69) is 127 Å². The first-order valence-electron chi connectivity index (χ1n) is 18.0. The van der Waals surface area contributed by atoms with Gasteiger partial charge in [0.25, 0.3) is 0 Å². The van der Waals surface area contributed by atoms with Crippen LogP contribution in [0.5, 0.6) is 0 Å². The Morgan fingerprint density at radius 2 is 1.62 bits per heavy atom. The Morgan fingerprint density at radius 3 is 2.35 bits per heavy atom. The molecule has 0 N–H and O–H groups in total. The summed E-state index contributed by atoms with van der Waals surface area (Å²) in [6.07, 6.45) is 20.8. The number of nitrogens with zero attached hydrogens (tertiary/aromatic N) is 1. The molecule has 3 aliphatic rings. The van der Waals surface area contributed by atoms with E-state index in [1.807, 2.05) is 6.07 Å². The van der Waals surface area contributed by atoms with E-state index in [-0.39, 0.29) is 5.92 Å². The fourth-order valence-corrected chi connectivity index (χ4v) is 8.36. The second kappa shape index (κ2) is 14.7. The first-order chi connectivity index (χ1) is 23.5. The predicted molar refractivity (Wildman–Crippen MR) is 200 cm³/mol. The van der Waals surface area contributed by atoms with Gasteiger partial charge in [-0.25, -0.2) is 0 Å². The van der Waals surface area contributed by atoms with Crippen molar-refractivity contribution in [1.82, 2.24) is 0 Å². The lowest BCUT2D eigenvalue weighted by Crippen LogP contribution is -2.31. The molecule has 4 aromatic carbocycles. The maximum atomic E-state index is 14.1. The van der Waals surface area contributed by atoms with Crippen LogP contribution in [0.25, 0.3) is 5.57 Å². The van der Waals surface area contributed by atoms with E-state index in [0.717, 1.165) is 63.6 Å². The lowest BCUT2D eigenvalue weighted by atomic mass is 9.70. The zero-order valence-electron chi connectivity index (χ0n) is 28.3. The van der Waals surface area contributed by atoms with Crippen LogP contribution in [0, 0.1) is 30.1 Å². The third kappa shape index (κ3) is 7.27. The standard InChI is InChI=1S/C46H47NO/c1-3-37-19-16-36(31-44(37)47-28-27-38-11-7-8-12-43(38)32-47)30-35-14-20-40(21-15-35)46(45(48)26-17-34-9-5-4-6-10-34)41-24-22-39(23-25-41)42-18-13-33(2)29-42/h1,4-13,16,18-19,22-25,29,31,33,35,40,46H,14-15,17,20-21,26-28,30,32H2,2H3. The van der Waals surface area contributed by atoms with E-state index in [1.54, 1.807) is 0 Å². The molecular weight excluding hydrogens is 583 g/mol. The number of Topliss-reactive ketones (excluding diaryl/α,β-unsaturated/α-hetero) is 1. The molecule has 2 atom stereocenters. The number of carbonyl (C=O) groups is 1. The van der Waals surface area contributed by atoms with Gasteiger partial charge in [0.1, 0.15) is 5.78 Å². The van der Waals surface area contributed by atoms with E-state index >= 15 is 0 Å². The Morgan fingerprint density at radius 1 is 0.875 bits per heavy atom. The average molecular weight is 630 g/mol. The van der Waals surface area contributed by atoms with Crippen molar-refractivity contribution >= 4 is 17.0 Å². The molecule has 1 saturated carbocycles. The van der Waals surface area contributed by atoms with Gasteiger partial charge in [-0.3, -0.25) is 4.79 Å². The molecule has 2 unspecified atom stereocenters. The Labute approximate surface area is 287 Å². The summed E-state index contributed by atoms with van der Waals surface area (Å²) < 4.78 is 0. The van der Waals surface area contributed by atoms with Crippen molar-refractivity contribution in [3.05, 3.63) is 154 Å². The van der Waals surface area contributed by atoms with Gasteiger partial charge in [-0.1, -0.05) is 116 Å². The fraction of sp³-hybridized carbons (Fsp3) is 0.326. The van der Waals surface area contributed by atoms with Gasteiger partial charge < -0.3 is 4.90 Å². The number of ketones is 1. The topological polar surface area (TPSA) is 20.3 Å². The molecule has 48 heavy (non-hydrogen) atoms. The van der Waals surface area contributed by atoms with Crippen molar-refractivity contribution in [3.8, 4) is 12.3 Å². The molecule has 0 radical (unpaired) electrons. The van der Waals surface area contributed by atoms with E-state index in [4.69, 9.17) is 6.42 Å². The van der Waals surface area contributed by atoms with Gasteiger partial charge in [0.05, 0.1) is 5.69 Å². The predicted octanol–water partition coefficient (Wildman–Crippen LogP) is 10.2. The number of hydrogen-bond acceptors (Lipinski definition) is 2. The number of rotatable bonds is 10. The molecule has 7 rings (SSSR count). The SMILES string of the molecule is C#Cc1ccc(CC2CCC(C(C(=O)CCc3ccccc3)c3ccc(C4=CC(C)C=C4)cc3)CC2)cc1N1CCc2ccccc2C1. The Hall–Kier alpha value is -4.61. The summed E-state index contributed by atoms with van der Waals surface area (Å²) in [6, 6.07) is 34.9. The highest BCUT2D eigenvalue weighted by molar-refractivity contribution is 5.86. The van der Waals surface area contributed by atoms with Crippen LogP contribution >= 0.6 is 0 Å². The van der Waals surface area contributed by atoms with Crippen LogP contribution in [-0.4, -0.2) is 12.3 Å². The molecule has 2 heteroatoms. The van der Waals surface area contributed by atoms with Crippen LogP contribution in [0.15, 0.2) is 115 Å². The maximum absolute atomic E-state index is 14.1. The summed E-state index contributed by atoms with van der Waals surface area (Å²) >= 11 is 0. The number of hydrogen-bond donors (Lipinski definition) is 0. The van der Waals surface area contributed by atoms with Gasteiger partial charge in [0.15, 0.2) is 0 Å². The zero-order valence-corrected chi connectivity index (χ0v) is 28.3. The summed E-state index contributed by atoms with van der Waals surface area (Å²) in [5, 5.41) is 0. The summed E-state index contributed by atoms with van der Waals surface area (Å²) in [5.74, 6) is 4.79. The van der Waals surface area contributed by atoms with Crippen molar-refractivity contribution < 1.29 is 4.79 Å². The van der Waals surface area contributed by atoms with Gasteiger partial charge in [-0.05, 0) is 114 Å². The Balaban J connectivity index is 1.04. The van der Waals surface area contributed by atoms with Gasteiger partial charge in [0, 0.05) is 31.0 Å². The third-order valence-corrected chi connectivity index (χ3v) is 11.1.